The van der Waals surface area contributed by atoms with Crippen LogP contribution in [0.4, 0.5) is 10.5 Å². The molecule has 0 aliphatic carbocycles. The van der Waals surface area contributed by atoms with Gasteiger partial charge in [-0.15, -0.1) is 0 Å². The first-order chi connectivity index (χ1) is 13.0. The molecule has 2 rings (SSSR count). The summed E-state index contributed by atoms with van der Waals surface area (Å²) in [5.74, 6) is -0.922. The standard InChI is InChI=1S/C21H23NO5/c1-15(7-5-6-10-19(24)25)20(16-11-13-18(23)14-12-16)27-21(26)22-17-8-3-2-4-9-17/h2-4,6,8-15,20,23H,5,7H2,1H3,(H,22,26)(H,24,25)/b10-6+/t15-,20-/m1/s1. The van der Waals surface area contributed by atoms with E-state index in [0.29, 0.717) is 18.5 Å². The van der Waals surface area contributed by atoms with E-state index in [1.165, 1.54) is 12.1 Å². The molecule has 2 aromatic rings. The number of hydrogen-bond acceptors (Lipinski definition) is 4. The molecular weight excluding hydrogens is 346 g/mol. The van der Waals surface area contributed by atoms with Gasteiger partial charge in [-0.25, -0.2) is 9.59 Å². The summed E-state index contributed by atoms with van der Waals surface area (Å²) in [6.45, 7) is 1.93. The van der Waals surface area contributed by atoms with Crippen LogP contribution in [0.1, 0.15) is 31.4 Å². The van der Waals surface area contributed by atoms with Crippen LogP contribution in [-0.2, 0) is 9.53 Å². The summed E-state index contributed by atoms with van der Waals surface area (Å²) in [5, 5.41) is 20.8. The first-order valence-corrected chi connectivity index (χ1v) is 8.67. The molecule has 6 heteroatoms. The molecule has 0 saturated heterocycles. The topological polar surface area (TPSA) is 95.9 Å². The Morgan fingerprint density at radius 1 is 1.11 bits per heavy atom. The molecule has 0 radical (unpaired) electrons. The molecule has 0 spiro atoms. The fraction of sp³-hybridized carbons (Fsp3) is 0.238. The van der Waals surface area contributed by atoms with Crippen LogP contribution in [0.5, 0.6) is 5.75 Å². The van der Waals surface area contributed by atoms with Crippen molar-refractivity contribution in [3.05, 3.63) is 72.3 Å². The van der Waals surface area contributed by atoms with Crippen molar-refractivity contribution < 1.29 is 24.5 Å². The lowest BCUT2D eigenvalue weighted by molar-refractivity contribution is -0.131. The molecule has 6 nitrogen and oxygen atoms in total. The van der Waals surface area contributed by atoms with Gasteiger partial charge in [0.25, 0.3) is 0 Å². The lowest BCUT2D eigenvalue weighted by Crippen LogP contribution is -2.22. The Hall–Kier alpha value is -3.28. The van der Waals surface area contributed by atoms with Gasteiger partial charge >= 0.3 is 12.1 Å². The minimum atomic E-state index is -0.990. The van der Waals surface area contributed by atoms with Crippen LogP contribution in [0.3, 0.4) is 0 Å². The largest absolute Gasteiger partial charge is 0.508 e. The van der Waals surface area contributed by atoms with Crippen molar-refractivity contribution in [1.82, 2.24) is 0 Å². The molecule has 142 valence electrons. The van der Waals surface area contributed by atoms with Gasteiger partial charge < -0.3 is 14.9 Å². The number of carbonyl (C=O) groups is 2. The second-order valence-electron chi connectivity index (χ2n) is 6.20. The minimum Gasteiger partial charge on any atom is -0.508 e. The number of aliphatic carboxylic acids is 1. The zero-order valence-corrected chi connectivity index (χ0v) is 15.0. The molecule has 0 fully saturated rings. The maximum atomic E-state index is 12.3. The third-order valence-electron chi connectivity index (χ3n) is 4.04. The molecule has 1 amide bonds. The first kappa shape index (κ1) is 20.0. The van der Waals surface area contributed by atoms with Crippen molar-refractivity contribution in [3.8, 4) is 5.75 Å². The highest BCUT2D eigenvalue weighted by atomic mass is 16.6. The average Bonchev–Trinajstić information content (AvgIpc) is 2.64. The number of amides is 1. The van der Waals surface area contributed by atoms with Gasteiger partial charge in [-0.05, 0) is 48.6 Å². The number of phenolic OH excluding ortho intramolecular Hbond substituents is 1. The number of para-hydroxylation sites is 1. The van der Waals surface area contributed by atoms with Crippen molar-refractivity contribution >= 4 is 17.7 Å². The summed E-state index contributed by atoms with van der Waals surface area (Å²) in [5.41, 5.74) is 1.38. The SMILES string of the molecule is C[C@H](CC/C=C/C(=O)O)[C@@H](OC(=O)Nc1ccccc1)c1ccc(O)cc1. The van der Waals surface area contributed by atoms with Crippen LogP contribution in [0, 0.1) is 5.92 Å². The number of phenols is 1. The van der Waals surface area contributed by atoms with Gasteiger partial charge in [0.2, 0.25) is 0 Å². The smallest absolute Gasteiger partial charge is 0.412 e. The fourth-order valence-electron chi connectivity index (χ4n) is 2.66. The van der Waals surface area contributed by atoms with Crippen LogP contribution >= 0.6 is 0 Å². The quantitative estimate of drug-likeness (QED) is 0.584. The Labute approximate surface area is 158 Å². The second-order valence-corrected chi connectivity index (χ2v) is 6.20. The number of ether oxygens (including phenoxy) is 1. The number of hydrogen-bond donors (Lipinski definition) is 3. The molecule has 0 bridgehead atoms. The van der Waals surface area contributed by atoms with Gasteiger partial charge in [0.15, 0.2) is 0 Å². The maximum absolute atomic E-state index is 12.3. The Morgan fingerprint density at radius 3 is 2.41 bits per heavy atom. The minimum absolute atomic E-state index is 0.0606. The Balaban J connectivity index is 2.07. The van der Waals surface area contributed by atoms with Gasteiger partial charge in [0.05, 0.1) is 0 Å². The van der Waals surface area contributed by atoms with Crippen molar-refractivity contribution in [2.75, 3.05) is 5.32 Å². The molecule has 2 aromatic carbocycles. The number of nitrogens with one attached hydrogen (secondary N) is 1. The van der Waals surface area contributed by atoms with E-state index in [4.69, 9.17) is 9.84 Å². The van der Waals surface area contributed by atoms with E-state index in [9.17, 15) is 14.7 Å². The number of carbonyl (C=O) groups excluding carboxylic acids is 1. The summed E-state index contributed by atoms with van der Waals surface area (Å²) in [6, 6.07) is 15.5. The van der Waals surface area contributed by atoms with Crippen molar-refractivity contribution in [2.24, 2.45) is 5.92 Å². The lowest BCUT2D eigenvalue weighted by atomic mass is 9.93. The van der Waals surface area contributed by atoms with E-state index in [-0.39, 0.29) is 11.7 Å². The first-order valence-electron chi connectivity index (χ1n) is 8.67. The number of benzene rings is 2. The van der Waals surface area contributed by atoms with Crippen LogP contribution in [0.25, 0.3) is 0 Å². The zero-order chi connectivity index (χ0) is 19.6. The summed E-state index contributed by atoms with van der Waals surface area (Å²) in [6.07, 6.45) is 2.75. The highest BCUT2D eigenvalue weighted by molar-refractivity contribution is 5.84. The normalized spacial score (nSPS) is 13.1. The zero-order valence-electron chi connectivity index (χ0n) is 15.0. The van der Waals surface area contributed by atoms with E-state index in [2.05, 4.69) is 5.32 Å². The molecule has 3 N–H and O–H groups in total. The van der Waals surface area contributed by atoms with Crippen LogP contribution < -0.4 is 5.32 Å². The Bertz CT molecular complexity index is 771. The predicted molar refractivity (Wildman–Crippen MR) is 103 cm³/mol. The summed E-state index contributed by atoms with van der Waals surface area (Å²) >= 11 is 0. The van der Waals surface area contributed by atoms with Crippen molar-refractivity contribution in [2.45, 2.75) is 25.9 Å². The lowest BCUT2D eigenvalue weighted by Gasteiger charge is -2.24. The van der Waals surface area contributed by atoms with Crippen molar-refractivity contribution in [1.29, 1.82) is 0 Å². The number of allylic oxidation sites excluding steroid dienone is 1. The molecule has 2 atom stereocenters. The average molecular weight is 369 g/mol. The molecule has 27 heavy (non-hydrogen) atoms. The molecular formula is C21H23NO5. The predicted octanol–water partition coefficient (Wildman–Crippen LogP) is 4.74. The van der Waals surface area contributed by atoms with Gasteiger partial charge in [-0.3, -0.25) is 5.32 Å². The second kappa shape index (κ2) is 10.0. The maximum Gasteiger partial charge on any atom is 0.412 e. The number of rotatable bonds is 8. The van der Waals surface area contributed by atoms with E-state index >= 15 is 0 Å². The molecule has 0 aromatic heterocycles. The van der Waals surface area contributed by atoms with Crippen LogP contribution in [0.15, 0.2) is 66.7 Å². The van der Waals surface area contributed by atoms with Crippen LogP contribution in [-0.4, -0.2) is 22.3 Å². The summed E-state index contributed by atoms with van der Waals surface area (Å²) in [7, 11) is 0. The van der Waals surface area contributed by atoms with E-state index in [0.717, 1.165) is 11.6 Å². The number of carboxylic acids is 1. The summed E-state index contributed by atoms with van der Waals surface area (Å²) in [4.78, 5) is 22.9. The Morgan fingerprint density at radius 2 is 1.78 bits per heavy atom. The highest BCUT2D eigenvalue weighted by Crippen LogP contribution is 2.31. The van der Waals surface area contributed by atoms with E-state index in [1.54, 1.807) is 30.3 Å². The number of aromatic hydroxyl groups is 1. The van der Waals surface area contributed by atoms with Gasteiger partial charge in [0.1, 0.15) is 11.9 Å². The van der Waals surface area contributed by atoms with Gasteiger partial charge in [0, 0.05) is 11.8 Å². The van der Waals surface area contributed by atoms with Crippen LogP contribution in [0.2, 0.25) is 0 Å². The molecule has 0 unspecified atom stereocenters. The third-order valence-corrected chi connectivity index (χ3v) is 4.04. The molecule has 0 saturated carbocycles. The van der Waals surface area contributed by atoms with Crippen molar-refractivity contribution in [3.63, 3.8) is 0 Å². The third kappa shape index (κ3) is 6.86. The fourth-order valence-corrected chi connectivity index (χ4v) is 2.66. The monoisotopic (exact) mass is 369 g/mol. The number of carboxylic acid groups (broad SMARTS) is 1. The van der Waals surface area contributed by atoms with Gasteiger partial charge in [-0.1, -0.05) is 43.3 Å². The molecule has 0 aliphatic rings. The van der Waals surface area contributed by atoms with E-state index in [1.807, 2.05) is 25.1 Å². The highest BCUT2D eigenvalue weighted by Gasteiger charge is 2.23. The summed E-state index contributed by atoms with van der Waals surface area (Å²) < 4.78 is 5.65. The molecule has 0 heterocycles. The molecule has 0 aliphatic heterocycles. The Kier molecular flexibility index (Phi) is 7.43. The van der Waals surface area contributed by atoms with Gasteiger partial charge in [-0.2, -0.15) is 0 Å². The number of anilines is 1. The van der Waals surface area contributed by atoms with E-state index < -0.39 is 18.2 Å².